The summed E-state index contributed by atoms with van der Waals surface area (Å²) in [4.78, 5) is 9.46. The number of aryl methyl sites for hydroxylation is 1. The van der Waals surface area contributed by atoms with Crippen molar-refractivity contribution in [2.75, 3.05) is 11.9 Å². The monoisotopic (exact) mass is 261 g/mol. The number of nitrogens with zero attached hydrogens (tertiary/aromatic N) is 2. The first-order valence-electron chi connectivity index (χ1n) is 7.80. The summed E-state index contributed by atoms with van der Waals surface area (Å²) in [6, 6.07) is 2.17. The average Bonchev–Trinajstić information content (AvgIpc) is 2.90. The smallest absolute Gasteiger partial charge is 0.131 e. The maximum Gasteiger partial charge on any atom is 0.131 e. The second kappa shape index (κ2) is 6.88. The van der Waals surface area contributed by atoms with Crippen LogP contribution in [-0.2, 0) is 6.42 Å². The van der Waals surface area contributed by atoms with Gasteiger partial charge in [-0.1, -0.05) is 26.7 Å². The van der Waals surface area contributed by atoms with Crippen LogP contribution in [0.2, 0.25) is 0 Å². The van der Waals surface area contributed by atoms with Crippen LogP contribution in [0, 0.1) is 5.92 Å². The van der Waals surface area contributed by atoms with Crippen molar-refractivity contribution in [3.05, 3.63) is 17.6 Å². The van der Waals surface area contributed by atoms with Crippen LogP contribution >= 0.6 is 0 Å². The second-order valence-electron chi connectivity index (χ2n) is 6.04. The number of anilines is 1. The molecule has 3 heteroatoms. The van der Waals surface area contributed by atoms with E-state index >= 15 is 0 Å². The fraction of sp³-hybridized carbons (Fsp3) is 0.750. The van der Waals surface area contributed by atoms with Gasteiger partial charge in [-0.15, -0.1) is 0 Å². The Bertz CT molecular complexity index is 395. The Balaban J connectivity index is 2.16. The molecule has 1 heterocycles. The maximum atomic E-state index is 4.82. The van der Waals surface area contributed by atoms with Gasteiger partial charge in [0, 0.05) is 30.6 Å². The van der Waals surface area contributed by atoms with E-state index in [4.69, 9.17) is 4.98 Å². The zero-order valence-corrected chi connectivity index (χ0v) is 12.6. The number of rotatable bonds is 6. The van der Waals surface area contributed by atoms with Gasteiger partial charge >= 0.3 is 0 Å². The van der Waals surface area contributed by atoms with E-state index in [0.717, 1.165) is 24.6 Å². The molecule has 0 spiro atoms. The third-order valence-electron chi connectivity index (χ3n) is 3.87. The highest BCUT2D eigenvalue weighted by Crippen LogP contribution is 2.33. The summed E-state index contributed by atoms with van der Waals surface area (Å²) in [5.74, 6) is 3.41. The molecule has 1 aromatic rings. The molecule has 1 aliphatic carbocycles. The molecule has 1 fully saturated rings. The van der Waals surface area contributed by atoms with Gasteiger partial charge in [0.05, 0.1) is 0 Å². The van der Waals surface area contributed by atoms with Gasteiger partial charge in [-0.3, -0.25) is 0 Å². The van der Waals surface area contributed by atoms with Gasteiger partial charge in [0.2, 0.25) is 0 Å². The Morgan fingerprint density at radius 3 is 2.63 bits per heavy atom. The van der Waals surface area contributed by atoms with Crippen LogP contribution in [0.1, 0.15) is 70.3 Å². The second-order valence-corrected chi connectivity index (χ2v) is 6.04. The molecule has 0 aromatic carbocycles. The normalized spacial score (nSPS) is 16.2. The number of aromatic nitrogens is 2. The molecular formula is C16H27N3. The Morgan fingerprint density at radius 1 is 1.26 bits per heavy atom. The van der Waals surface area contributed by atoms with Crippen molar-refractivity contribution in [2.24, 2.45) is 5.92 Å². The molecule has 106 valence electrons. The molecule has 0 saturated heterocycles. The molecule has 0 amide bonds. The van der Waals surface area contributed by atoms with Crippen LogP contribution in [0.25, 0.3) is 0 Å². The molecule has 0 unspecified atom stereocenters. The van der Waals surface area contributed by atoms with Crippen molar-refractivity contribution in [3.63, 3.8) is 0 Å². The quantitative estimate of drug-likeness (QED) is 0.835. The van der Waals surface area contributed by atoms with Crippen molar-refractivity contribution in [1.29, 1.82) is 0 Å². The molecule has 1 aliphatic rings. The molecular weight excluding hydrogens is 234 g/mol. The number of hydrogen-bond donors (Lipinski definition) is 1. The van der Waals surface area contributed by atoms with Gasteiger partial charge in [-0.05, 0) is 32.1 Å². The highest BCUT2D eigenvalue weighted by molar-refractivity contribution is 5.37. The largest absolute Gasteiger partial charge is 0.370 e. The standard InChI is InChI=1S/C16H27N3/c1-4-17-16-11-14(13-7-5-6-8-13)18-15(19-16)10-9-12(2)3/h11-13H,4-10H2,1-3H3,(H,17,18,19). The Labute approximate surface area is 117 Å². The molecule has 2 rings (SSSR count). The SMILES string of the molecule is CCNc1cc(C2CCCC2)nc(CCC(C)C)n1. The van der Waals surface area contributed by atoms with Crippen molar-refractivity contribution in [1.82, 2.24) is 9.97 Å². The van der Waals surface area contributed by atoms with Crippen molar-refractivity contribution in [3.8, 4) is 0 Å². The lowest BCUT2D eigenvalue weighted by Crippen LogP contribution is -2.08. The molecule has 0 atom stereocenters. The molecule has 1 aromatic heterocycles. The van der Waals surface area contributed by atoms with Crippen LogP contribution in [0.4, 0.5) is 5.82 Å². The fourth-order valence-electron chi connectivity index (χ4n) is 2.75. The van der Waals surface area contributed by atoms with Crippen LogP contribution in [0.15, 0.2) is 6.07 Å². The van der Waals surface area contributed by atoms with Crippen LogP contribution in [0.5, 0.6) is 0 Å². The summed E-state index contributed by atoms with van der Waals surface area (Å²) >= 11 is 0. The van der Waals surface area contributed by atoms with E-state index in [9.17, 15) is 0 Å². The van der Waals surface area contributed by atoms with E-state index < -0.39 is 0 Å². The Morgan fingerprint density at radius 2 is 2.00 bits per heavy atom. The number of nitrogens with one attached hydrogen (secondary N) is 1. The average molecular weight is 261 g/mol. The zero-order valence-electron chi connectivity index (χ0n) is 12.6. The molecule has 3 nitrogen and oxygen atoms in total. The maximum absolute atomic E-state index is 4.82. The van der Waals surface area contributed by atoms with Crippen LogP contribution < -0.4 is 5.32 Å². The summed E-state index contributed by atoms with van der Waals surface area (Å²) in [5, 5.41) is 3.35. The van der Waals surface area contributed by atoms with Gasteiger partial charge in [-0.2, -0.15) is 0 Å². The Kier molecular flexibility index (Phi) is 5.17. The van der Waals surface area contributed by atoms with E-state index in [-0.39, 0.29) is 0 Å². The van der Waals surface area contributed by atoms with Crippen LogP contribution in [0.3, 0.4) is 0 Å². The van der Waals surface area contributed by atoms with Gasteiger partial charge in [0.1, 0.15) is 11.6 Å². The van der Waals surface area contributed by atoms with E-state index in [2.05, 4.69) is 37.1 Å². The Hall–Kier alpha value is -1.12. The lowest BCUT2D eigenvalue weighted by Gasteiger charge is -2.13. The predicted octanol–water partition coefficient (Wildman–Crippen LogP) is 4.15. The van der Waals surface area contributed by atoms with E-state index in [1.807, 2.05) is 0 Å². The van der Waals surface area contributed by atoms with E-state index in [1.54, 1.807) is 0 Å². The first-order valence-corrected chi connectivity index (χ1v) is 7.80. The third-order valence-corrected chi connectivity index (χ3v) is 3.87. The van der Waals surface area contributed by atoms with Gasteiger partial charge in [-0.25, -0.2) is 9.97 Å². The van der Waals surface area contributed by atoms with Gasteiger partial charge in [0.15, 0.2) is 0 Å². The molecule has 1 N–H and O–H groups in total. The minimum atomic E-state index is 0.665. The third kappa shape index (κ3) is 4.19. The molecule has 0 radical (unpaired) electrons. The minimum absolute atomic E-state index is 0.665. The predicted molar refractivity (Wildman–Crippen MR) is 80.6 cm³/mol. The zero-order chi connectivity index (χ0) is 13.7. The minimum Gasteiger partial charge on any atom is -0.370 e. The van der Waals surface area contributed by atoms with E-state index in [1.165, 1.54) is 37.8 Å². The lowest BCUT2D eigenvalue weighted by molar-refractivity contribution is 0.570. The molecule has 19 heavy (non-hydrogen) atoms. The highest BCUT2D eigenvalue weighted by atomic mass is 15.0. The molecule has 1 saturated carbocycles. The summed E-state index contributed by atoms with van der Waals surface area (Å²) < 4.78 is 0. The van der Waals surface area contributed by atoms with Crippen molar-refractivity contribution < 1.29 is 0 Å². The highest BCUT2D eigenvalue weighted by Gasteiger charge is 2.19. The first kappa shape index (κ1) is 14.3. The number of hydrogen-bond acceptors (Lipinski definition) is 3. The first-order chi connectivity index (χ1) is 9.19. The molecule has 0 aliphatic heterocycles. The van der Waals surface area contributed by atoms with Crippen molar-refractivity contribution in [2.45, 2.75) is 65.2 Å². The summed E-state index contributed by atoms with van der Waals surface area (Å²) in [6.07, 6.45) is 7.47. The van der Waals surface area contributed by atoms with Crippen LogP contribution in [-0.4, -0.2) is 16.5 Å². The topological polar surface area (TPSA) is 37.8 Å². The van der Waals surface area contributed by atoms with E-state index in [0.29, 0.717) is 11.8 Å². The van der Waals surface area contributed by atoms with Gasteiger partial charge in [0.25, 0.3) is 0 Å². The summed E-state index contributed by atoms with van der Waals surface area (Å²) in [5.41, 5.74) is 1.27. The fourth-order valence-corrected chi connectivity index (χ4v) is 2.75. The van der Waals surface area contributed by atoms with Gasteiger partial charge < -0.3 is 5.32 Å². The van der Waals surface area contributed by atoms with Crippen molar-refractivity contribution >= 4 is 5.82 Å². The molecule has 0 bridgehead atoms. The summed E-state index contributed by atoms with van der Waals surface area (Å²) in [6.45, 7) is 7.55. The summed E-state index contributed by atoms with van der Waals surface area (Å²) in [7, 11) is 0. The lowest BCUT2D eigenvalue weighted by atomic mass is 10.0.